The minimum Gasteiger partial charge on any atom is -0.453 e. The van der Waals surface area contributed by atoms with Crippen LogP contribution in [0.5, 0.6) is 0 Å². The molecule has 1 heterocycles. The Morgan fingerprint density at radius 3 is 1.20 bits per heavy atom. The smallest absolute Gasteiger partial charge is 0.159 e. The number of hydrogen-bond acceptors (Lipinski definition) is 2. The third-order valence-corrected chi connectivity index (χ3v) is 16.5. The van der Waals surface area contributed by atoms with Crippen LogP contribution in [0.15, 0.2) is 199 Å². The molecule has 74 heavy (non-hydrogen) atoms. The van der Waals surface area contributed by atoms with Gasteiger partial charge in [-0.3, -0.25) is 0 Å². The van der Waals surface area contributed by atoms with Gasteiger partial charge in [0, 0.05) is 33.6 Å². The van der Waals surface area contributed by atoms with E-state index in [9.17, 15) is 0 Å². The average molecular weight is 964 g/mol. The molecule has 0 radical (unpaired) electrons. The van der Waals surface area contributed by atoms with Crippen LogP contribution in [0.1, 0.15) is 150 Å². The van der Waals surface area contributed by atoms with Gasteiger partial charge >= 0.3 is 0 Å². The van der Waals surface area contributed by atoms with Crippen molar-refractivity contribution in [3.63, 3.8) is 0 Å². The molecule has 2 heteroatoms. The average Bonchev–Trinajstić information content (AvgIpc) is 4.18. The molecule has 2 aliphatic rings. The van der Waals surface area contributed by atoms with Gasteiger partial charge in [0.2, 0.25) is 0 Å². The molecule has 12 rings (SSSR count). The summed E-state index contributed by atoms with van der Waals surface area (Å²) in [5.74, 6) is -0.159. The predicted molar refractivity (Wildman–Crippen MR) is 313 cm³/mol. The number of anilines is 3. The van der Waals surface area contributed by atoms with Gasteiger partial charge in [0.05, 0.1) is 11.1 Å². The van der Waals surface area contributed by atoms with Crippen molar-refractivity contribution in [2.45, 2.75) is 116 Å². The Labute approximate surface area is 439 Å². The van der Waals surface area contributed by atoms with Crippen LogP contribution in [0, 0.1) is 0 Å². The molecule has 10 aromatic rings. The lowest BCUT2D eigenvalue weighted by molar-refractivity contribution is 0.589. The Balaban J connectivity index is 1.22. The fraction of sp³-hybridized carbons (Fsp3) is 0.250. The number of hydrogen-bond donors (Lipinski definition) is 0. The minimum atomic E-state index is -0.560. The third-order valence-electron chi connectivity index (χ3n) is 16.5. The van der Waals surface area contributed by atoms with Crippen LogP contribution < -0.4 is 4.90 Å². The van der Waals surface area contributed by atoms with Crippen molar-refractivity contribution in [1.29, 1.82) is 0 Å². The number of para-hydroxylation sites is 1. The summed E-state index contributed by atoms with van der Waals surface area (Å²) < 4.78 is 7.86. The molecule has 368 valence electrons. The van der Waals surface area contributed by atoms with E-state index in [1.807, 2.05) is 0 Å². The number of rotatable bonds is 6. The number of furan rings is 1. The molecule has 9 aromatic carbocycles. The summed E-state index contributed by atoms with van der Waals surface area (Å²) in [5, 5.41) is 2.27. The van der Waals surface area contributed by atoms with Crippen LogP contribution in [0.25, 0.3) is 44.2 Å². The van der Waals surface area contributed by atoms with Crippen LogP contribution >= 0.6 is 0 Å². The number of fused-ring (bicyclic) bond motifs is 14. The van der Waals surface area contributed by atoms with Gasteiger partial charge in [-0.15, -0.1) is 0 Å². The first kappa shape index (κ1) is 47.6. The van der Waals surface area contributed by atoms with Crippen molar-refractivity contribution < 1.29 is 4.42 Å². The van der Waals surface area contributed by atoms with Gasteiger partial charge in [0.1, 0.15) is 5.58 Å². The van der Waals surface area contributed by atoms with E-state index in [0.717, 1.165) is 44.6 Å². The summed E-state index contributed by atoms with van der Waals surface area (Å²) >= 11 is 0. The third kappa shape index (κ3) is 7.42. The molecule has 0 saturated carbocycles. The lowest BCUT2D eigenvalue weighted by atomic mass is 9.69. The summed E-state index contributed by atoms with van der Waals surface area (Å²) in [7, 11) is 0. The fourth-order valence-electron chi connectivity index (χ4n) is 12.5. The number of nitrogens with zero attached hydrogens (tertiary/aromatic N) is 1. The van der Waals surface area contributed by atoms with E-state index in [1.165, 1.54) is 77.9 Å². The van der Waals surface area contributed by atoms with Crippen LogP contribution in [-0.4, -0.2) is 0 Å². The molecular weight excluding hydrogens is 895 g/mol. The summed E-state index contributed by atoms with van der Waals surface area (Å²) in [6, 6.07) is 74.2. The second-order valence-corrected chi connectivity index (χ2v) is 25.3. The Bertz CT molecular complexity index is 3620. The molecule has 2 nitrogen and oxygen atoms in total. The summed E-state index contributed by atoms with van der Waals surface area (Å²) in [6.45, 7) is 27.5. The lowest BCUT2D eigenvalue weighted by Gasteiger charge is -2.31. The van der Waals surface area contributed by atoms with Crippen LogP contribution in [-0.2, 0) is 27.1 Å². The maximum absolute atomic E-state index is 7.86. The summed E-state index contributed by atoms with van der Waals surface area (Å²) in [5.41, 5.74) is 23.7. The molecule has 0 unspecified atom stereocenters. The maximum Gasteiger partial charge on any atom is 0.159 e. The van der Waals surface area contributed by atoms with Crippen molar-refractivity contribution in [3.8, 4) is 22.3 Å². The van der Waals surface area contributed by atoms with E-state index in [4.69, 9.17) is 4.42 Å². The zero-order valence-corrected chi connectivity index (χ0v) is 45.4. The van der Waals surface area contributed by atoms with Crippen molar-refractivity contribution in [2.24, 2.45) is 0 Å². The Hall–Kier alpha value is -7.42. The highest BCUT2D eigenvalue weighted by Crippen LogP contribution is 2.65. The molecule has 0 aliphatic heterocycles. The standard InChI is InChI=1S/C72H69NO/c1-68(2,3)47-32-28-45(29-33-47)63(46-30-34-48(35-31-46)69(4,5)6)57-44-61-64(55-22-15-18-26-60(55)72(61)58-24-16-13-20-53(58)54-21-14-17-25-59(54)72)65-56-23-19-27-62(66(56)74-67(57)65)73(51-40-36-49(37-41-51)70(7,8)9)52-42-38-50(39-43-52)71(10,11)12/h13-44,63H,1-12H3. The largest absolute Gasteiger partial charge is 0.453 e. The lowest BCUT2D eigenvalue weighted by Crippen LogP contribution is -2.26. The van der Waals surface area contributed by atoms with Crippen LogP contribution in [0.2, 0.25) is 0 Å². The van der Waals surface area contributed by atoms with E-state index in [-0.39, 0.29) is 27.6 Å². The van der Waals surface area contributed by atoms with Crippen molar-refractivity contribution in [1.82, 2.24) is 0 Å². The second-order valence-electron chi connectivity index (χ2n) is 25.3. The van der Waals surface area contributed by atoms with Crippen molar-refractivity contribution >= 4 is 39.0 Å². The first-order valence-corrected chi connectivity index (χ1v) is 26.8. The van der Waals surface area contributed by atoms with E-state index in [2.05, 4.69) is 282 Å². The van der Waals surface area contributed by atoms with Gasteiger partial charge in [-0.05, 0) is 136 Å². The minimum absolute atomic E-state index is 0.00573. The van der Waals surface area contributed by atoms with Gasteiger partial charge < -0.3 is 9.32 Å². The Kier molecular flexibility index (Phi) is 10.8. The Morgan fingerprint density at radius 2 is 0.770 bits per heavy atom. The second kappa shape index (κ2) is 16.8. The molecule has 0 atom stereocenters. The van der Waals surface area contributed by atoms with E-state index >= 15 is 0 Å². The van der Waals surface area contributed by atoms with E-state index < -0.39 is 5.41 Å². The summed E-state index contributed by atoms with van der Waals surface area (Å²) in [6.07, 6.45) is 0. The fourth-order valence-corrected chi connectivity index (χ4v) is 12.5. The van der Waals surface area contributed by atoms with Gasteiger partial charge in [-0.2, -0.15) is 0 Å². The zero-order chi connectivity index (χ0) is 51.7. The van der Waals surface area contributed by atoms with E-state index in [1.54, 1.807) is 0 Å². The monoisotopic (exact) mass is 964 g/mol. The highest BCUT2D eigenvalue weighted by molar-refractivity contribution is 6.19. The highest BCUT2D eigenvalue weighted by Gasteiger charge is 2.53. The maximum atomic E-state index is 7.86. The summed E-state index contributed by atoms with van der Waals surface area (Å²) in [4.78, 5) is 2.41. The van der Waals surface area contributed by atoms with Crippen LogP contribution in [0.3, 0.4) is 0 Å². The molecule has 0 saturated heterocycles. The zero-order valence-electron chi connectivity index (χ0n) is 45.4. The molecule has 0 amide bonds. The normalized spacial score (nSPS) is 13.9. The Morgan fingerprint density at radius 1 is 0.378 bits per heavy atom. The molecule has 1 aromatic heterocycles. The van der Waals surface area contributed by atoms with Gasteiger partial charge in [-0.25, -0.2) is 0 Å². The van der Waals surface area contributed by atoms with E-state index in [0.29, 0.717) is 0 Å². The number of benzene rings is 9. The quantitative estimate of drug-likeness (QED) is 0.154. The topological polar surface area (TPSA) is 16.4 Å². The molecule has 1 spiro atoms. The molecule has 0 N–H and O–H groups in total. The first-order valence-electron chi connectivity index (χ1n) is 26.8. The highest BCUT2D eigenvalue weighted by atomic mass is 16.3. The SMILES string of the molecule is CC(C)(C)c1ccc(C(c2ccc(C(C)(C)C)cc2)c2cc3c(c4c2oc2c(N(c5ccc(C(C)(C)C)cc5)c5ccc(C(C)(C)C)cc5)cccc24)-c2ccccc2C32c3ccccc3-c3ccccc32)cc1. The van der Waals surface area contributed by atoms with Crippen molar-refractivity contribution in [3.05, 3.63) is 255 Å². The van der Waals surface area contributed by atoms with Gasteiger partial charge in [-0.1, -0.05) is 241 Å². The van der Waals surface area contributed by atoms with Crippen LogP contribution in [0.4, 0.5) is 17.1 Å². The van der Waals surface area contributed by atoms with Gasteiger partial charge in [0.15, 0.2) is 5.58 Å². The molecular formula is C72H69NO. The first-order chi connectivity index (χ1) is 35.2. The van der Waals surface area contributed by atoms with Crippen molar-refractivity contribution in [2.75, 3.05) is 4.90 Å². The molecule has 0 bridgehead atoms. The molecule has 2 aliphatic carbocycles. The predicted octanol–water partition coefficient (Wildman–Crippen LogP) is 19.8. The molecule has 0 fully saturated rings. The van der Waals surface area contributed by atoms with Gasteiger partial charge in [0.25, 0.3) is 0 Å².